The lowest BCUT2D eigenvalue weighted by molar-refractivity contribution is 0.669. The van der Waals surface area contributed by atoms with Crippen molar-refractivity contribution in [3.8, 4) is 55.9 Å². The van der Waals surface area contributed by atoms with Gasteiger partial charge in [-0.25, -0.2) is 19.9 Å². The second-order valence-electron chi connectivity index (χ2n) is 13.0. The molecule has 0 aliphatic rings. The molecule has 11 rings (SSSR count). The SMILES string of the molecule is c1ccc(-c2nc(-c3cccc4oc5ccccc5c34)nc(-c3cccc4sc5c(-c6ccc(-c7nc8ccccc8s7)cc6)cccc5c34)n2)cc1. The van der Waals surface area contributed by atoms with Crippen molar-refractivity contribution in [1.29, 1.82) is 0 Å². The first-order valence-corrected chi connectivity index (χ1v) is 19.0. The Morgan fingerprint density at radius 1 is 0.377 bits per heavy atom. The molecule has 248 valence electrons. The lowest BCUT2D eigenvalue weighted by atomic mass is 9.99. The van der Waals surface area contributed by atoms with E-state index in [0.29, 0.717) is 17.5 Å². The Bertz CT molecular complexity index is 3150. The first kappa shape index (κ1) is 30.1. The summed E-state index contributed by atoms with van der Waals surface area (Å²) >= 11 is 3.53. The standard InChI is InChI=1S/C46H26N4OS2/c1-2-11-28(12-3-1)43-48-44(33-16-9-20-37-40(33)31-13-4-6-19-36(31)51-37)50-45(49-43)34-17-10-22-39-41(34)32-15-8-14-30(42(32)52-39)27-23-25-29(26-24-27)46-47-35-18-5-7-21-38(35)53-46/h1-26H. The summed E-state index contributed by atoms with van der Waals surface area (Å²) in [6.07, 6.45) is 0. The summed E-state index contributed by atoms with van der Waals surface area (Å²) in [4.78, 5) is 20.4. The van der Waals surface area contributed by atoms with E-state index in [0.717, 1.165) is 60.1 Å². The molecule has 53 heavy (non-hydrogen) atoms. The van der Waals surface area contributed by atoms with Gasteiger partial charge in [-0.15, -0.1) is 22.7 Å². The molecule has 0 amide bonds. The van der Waals surface area contributed by atoms with Crippen molar-refractivity contribution in [2.75, 3.05) is 0 Å². The number of thiazole rings is 1. The summed E-state index contributed by atoms with van der Waals surface area (Å²) in [6.45, 7) is 0. The maximum atomic E-state index is 6.26. The lowest BCUT2D eigenvalue weighted by Crippen LogP contribution is -2.00. The molecule has 0 radical (unpaired) electrons. The van der Waals surface area contributed by atoms with Crippen LogP contribution < -0.4 is 0 Å². The molecule has 0 aliphatic carbocycles. The average Bonchev–Trinajstić information content (AvgIpc) is 3.94. The highest BCUT2D eigenvalue weighted by molar-refractivity contribution is 7.26. The Balaban J connectivity index is 1.08. The van der Waals surface area contributed by atoms with E-state index in [1.807, 2.05) is 78.1 Å². The third-order valence-electron chi connectivity index (χ3n) is 9.81. The van der Waals surface area contributed by atoms with Crippen LogP contribution in [0.5, 0.6) is 0 Å². The molecule has 0 saturated carbocycles. The molecule has 0 unspecified atom stereocenters. The third-order valence-corrected chi connectivity index (χ3v) is 12.1. The van der Waals surface area contributed by atoms with Gasteiger partial charge in [-0.3, -0.25) is 0 Å². The molecule has 11 aromatic rings. The average molecular weight is 715 g/mol. The van der Waals surface area contributed by atoms with Crippen LogP contribution in [0.4, 0.5) is 0 Å². The number of nitrogens with zero attached hydrogens (tertiary/aromatic N) is 4. The predicted molar refractivity (Wildman–Crippen MR) is 220 cm³/mol. The van der Waals surface area contributed by atoms with Gasteiger partial charge >= 0.3 is 0 Å². The van der Waals surface area contributed by atoms with Crippen LogP contribution in [0.25, 0.3) is 108 Å². The molecule has 4 aromatic heterocycles. The molecule has 0 bridgehead atoms. The maximum absolute atomic E-state index is 6.26. The second-order valence-corrected chi connectivity index (χ2v) is 15.1. The Kier molecular flexibility index (Phi) is 6.83. The molecule has 0 aliphatic heterocycles. The molecule has 0 spiro atoms. The Hall–Kier alpha value is -6.54. The first-order chi connectivity index (χ1) is 26.2. The second kappa shape index (κ2) is 12.0. The minimum Gasteiger partial charge on any atom is -0.456 e. The minimum absolute atomic E-state index is 0.608. The number of aromatic nitrogens is 4. The molecule has 5 nitrogen and oxygen atoms in total. The molecule has 0 fully saturated rings. The number of hydrogen-bond donors (Lipinski definition) is 0. The van der Waals surface area contributed by atoms with Crippen LogP contribution in [0.1, 0.15) is 0 Å². The molecule has 0 saturated heterocycles. The maximum Gasteiger partial charge on any atom is 0.164 e. The summed E-state index contributed by atoms with van der Waals surface area (Å²) in [6, 6.07) is 54.5. The molecule has 7 heteroatoms. The summed E-state index contributed by atoms with van der Waals surface area (Å²) in [5.41, 5.74) is 8.99. The van der Waals surface area contributed by atoms with Gasteiger partial charge in [0.05, 0.1) is 10.2 Å². The van der Waals surface area contributed by atoms with Crippen LogP contribution in [0, 0.1) is 0 Å². The van der Waals surface area contributed by atoms with Crippen LogP contribution in [0.3, 0.4) is 0 Å². The van der Waals surface area contributed by atoms with Crippen molar-refractivity contribution in [1.82, 2.24) is 19.9 Å². The van der Waals surface area contributed by atoms with Crippen molar-refractivity contribution in [3.63, 3.8) is 0 Å². The summed E-state index contributed by atoms with van der Waals surface area (Å²) in [7, 11) is 0. The number of thiophene rings is 1. The monoisotopic (exact) mass is 714 g/mol. The number of benzene rings is 7. The highest BCUT2D eigenvalue weighted by Gasteiger charge is 2.20. The fourth-order valence-corrected chi connectivity index (χ4v) is 9.58. The van der Waals surface area contributed by atoms with Crippen LogP contribution in [0.2, 0.25) is 0 Å². The van der Waals surface area contributed by atoms with E-state index in [4.69, 9.17) is 24.4 Å². The van der Waals surface area contributed by atoms with Crippen molar-refractivity contribution in [3.05, 3.63) is 158 Å². The van der Waals surface area contributed by atoms with Gasteiger partial charge in [0, 0.05) is 53.2 Å². The van der Waals surface area contributed by atoms with Gasteiger partial charge in [0.1, 0.15) is 16.2 Å². The lowest BCUT2D eigenvalue weighted by Gasteiger charge is -2.10. The molecule has 0 atom stereocenters. The number of hydrogen-bond acceptors (Lipinski definition) is 7. The van der Waals surface area contributed by atoms with Gasteiger partial charge < -0.3 is 4.42 Å². The van der Waals surface area contributed by atoms with E-state index in [1.54, 1.807) is 11.3 Å². The highest BCUT2D eigenvalue weighted by Crippen LogP contribution is 2.44. The summed E-state index contributed by atoms with van der Waals surface area (Å²) < 4.78 is 9.87. The molecular weight excluding hydrogens is 689 g/mol. The third kappa shape index (κ3) is 4.97. The van der Waals surface area contributed by atoms with E-state index in [-0.39, 0.29) is 0 Å². The Labute approximate surface area is 311 Å². The largest absolute Gasteiger partial charge is 0.456 e. The van der Waals surface area contributed by atoms with Gasteiger partial charge in [0.25, 0.3) is 0 Å². The highest BCUT2D eigenvalue weighted by atomic mass is 32.1. The van der Waals surface area contributed by atoms with Crippen molar-refractivity contribution in [2.24, 2.45) is 0 Å². The van der Waals surface area contributed by atoms with Gasteiger partial charge in [0.15, 0.2) is 17.5 Å². The number of para-hydroxylation sites is 2. The van der Waals surface area contributed by atoms with Crippen LogP contribution in [-0.4, -0.2) is 19.9 Å². The van der Waals surface area contributed by atoms with Gasteiger partial charge in [-0.2, -0.15) is 0 Å². The molecule has 0 N–H and O–H groups in total. The zero-order chi connectivity index (χ0) is 34.9. The smallest absolute Gasteiger partial charge is 0.164 e. The molecule has 4 heterocycles. The van der Waals surface area contributed by atoms with E-state index in [1.165, 1.54) is 30.6 Å². The van der Waals surface area contributed by atoms with E-state index in [9.17, 15) is 0 Å². The molecular formula is C46H26N4OS2. The first-order valence-electron chi connectivity index (χ1n) is 17.4. The normalized spacial score (nSPS) is 11.8. The fraction of sp³-hybridized carbons (Fsp3) is 0. The Morgan fingerprint density at radius 3 is 1.85 bits per heavy atom. The van der Waals surface area contributed by atoms with Crippen molar-refractivity contribution in [2.45, 2.75) is 0 Å². The van der Waals surface area contributed by atoms with E-state index in [2.05, 4.69) is 91.0 Å². The van der Waals surface area contributed by atoms with Crippen LogP contribution in [-0.2, 0) is 0 Å². The zero-order valence-electron chi connectivity index (χ0n) is 28.0. The number of furan rings is 1. The number of rotatable bonds is 5. The number of fused-ring (bicyclic) bond motifs is 7. The van der Waals surface area contributed by atoms with E-state index >= 15 is 0 Å². The quantitative estimate of drug-likeness (QED) is 0.178. The van der Waals surface area contributed by atoms with Crippen molar-refractivity contribution >= 4 is 75.0 Å². The van der Waals surface area contributed by atoms with Gasteiger partial charge in [-0.1, -0.05) is 127 Å². The van der Waals surface area contributed by atoms with Crippen molar-refractivity contribution < 1.29 is 4.42 Å². The van der Waals surface area contributed by atoms with Gasteiger partial charge in [-0.05, 0) is 41.5 Å². The van der Waals surface area contributed by atoms with Crippen LogP contribution >= 0.6 is 22.7 Å². The molecule has 7 aromatic carbocycles. The Morgan fingerprint density at radius 2 is 1.00 bits per heavy atom. The van der Waals surface area contributed by atoms with Crippen LogP contribution in [0.15, 0.2) is 162 Å². The van der Waals surface area contributed by atoms with Gasteiger partial charge in [0.2, 0.25) is 0 Å². The van der Waals surface area contributed by atoms with E-state index < -0.39 is 0 Å². The minimum atomic E-state index is 0.608. The fourth-order valence-electron chi connectivity index (χ4n) is 7.34. The summed E-state index contributed by atoms with van der Waals surface area (Å²) in [5, 5.41) is 5.39. The topological polar surface area (TPSA) is 64.7 Å². The zero-order valence-corrected chi connectivity index (χ0v) is 29.7. The predicted octanol–water partition coefficient (Wildman–Crippen LogP) is 13.1. The summed E-state index contributed by atoms with van der Waals surface area (Å²) in [5.74, 6) is 1.87.